The molecule has 4 rings (SSSR count). The van der Waals surface area contributed by atoms with Gasteiger partial charge in [0, 0.05) is 13.2 Å². The van der Waals surface area contributed by atoms with Gasteiger partial charge >= 0.3 is 0 Å². The van der Waals surface area contributed by atoms with Crippen molar-refractivity contribution >= 4 is 61.1 Å². The Balaban J connectivity index is 1.50. The molecule has 4 heterocycles. The number of ether oxygens (including phenoxy) is 1. The second kappa shape index (κ2) is 8.04. The monoisotopic (exact) mass is 471 g/mol. The molecule has 0 radical (unpaired) electrons. The van der Waals surface area contributed by atoms with Gasteiger partial charge in [0.05, 0.1) is 18.0 Å². The second-order valence-corrected chi connectivity index (χ2v) is 8.96. The summed E-state index contributed by atoms with van der Waals surface area (Å²) in [6.07, 6.45) is 3.19. The molecular weight excluding hydrogens is 458 g/mol. The van der Waals surface area contributed by atoms with Gasteiger partial charge in [0.25, 0.3) is 5.56 Å². The molecule has 3 aromatic rings. The summed E-state index contributed by atoms with van der Waals surface area (Å²) >= 11 is 5.55. The van der Waals surface area contributed by atoms with E-state index in [2.05, 4.69) is 46.5 Å². The average Bonchev–Trinajstić information content (AvgIpc) is 3.27. The minimum absolute atomic E-state index is 0.0804. The van der Waals surface area contributed by atoms with Crippen LogP contribution in [-0.4, -0.2) is 54.8 Å². The van der Waals surface area contributed by atoms with Crippen LogP contribution in [0, 0.1) is 0 Å². The van der Waals surface area contributed by atoms with E-state index >= 15 is 0 Å². The van der Waals surface area contributed by atoms with Crippen LogP contribution in [0.3, 0.4) is 0 Å². The average molecular weight is 472 g/mol. The molecule has 0 spiro atoms. The molecule has 1 fully saturated rings. The van der Waals surface area contributed by atoms with Crippen molar-refractivity contribution in [3.63, 3.8) is 0 Å². The van der Waals surface area contributed by atoms with Crippen LogP contribution in [0.2, 0.25) is 0 Å². The number of carbonyl (C=O) groups excluding carboxylic acids is 1. The van der Waals surface area contributed by atoms with Crippen LogP contribution in [-0.2, 0) is 9.53 Å². The summed E-state index contributed by atoms with van der Waals surface area (Å²) in [6, 6.07) is 0.155. The van der Waals surface area contributed by atoms with E-state index in [-0.39, 0.29) is 23.3 Å². The molecule has 3 aromatic heterocycles. The Bertz CT molecular complexity index is 1030. The molecule has 0 unspecified atom stereocenters. The maximum absolute atomic E-state index is 12.3. The molecule has 27 heavy (non-hydrogen) atoms. The summed E-state index contributed by atoms with van der Waals surface area (Å²) < 4.78 is 7.76. The molecule has 13 heteroatoms. The summed E-state index contributed by atoms with van der Waals surface area (Å²) in [7, 11) is 0. The molecule has 1 aliphatic rings. The predicted octanol–water partition coefficient (Wildman–Crippen LogP) is 1.82. The Labute approximate surface area is 169 Å². The van der Waals surface area contributed by atoms with E-state index in [1.807, 2.05) is 0 Å². The van der Waals surface area contributed by atoms with Crippen LogP contribution in [0.1, 0.15) is 18.9 Å². The lowest BCUT2D eigenvalue weighted by molar-refractivity contribution is -0.113. The number of aromatic nitrogens is 6. The summed E-state index contributed by atoms with van der Waals surface area (Å²) in [4.78, 5) is 31.6. The number of nitrogens with one attached hydrogen (secondary N) is 2. The van der Waals surface area contributed by atoms with Crippen LogP contribution < -0.4 is 10.9 Å². The summed E-state index contributed by atoms with van der Waals surface area (Å²) in [6.45, 7) is 1.33. The van der Waals surface area contributed by atoms with Gasteiger partial charge in [-0.3, -0.25) is 14.9 Å². The second-order valence-electron chi connectivity index (χ2n) is 5.74. The van der Waals surface area contributed by atoms with E-state index in [0.29, 0.717) is 38.5 Å². The van der Waals surface area contributed by atoms with E-state index in [1.165, 1.54) is 17.5 Å². The summed E-state index contributed by atoms with van der Waals surface area (Å²) in [5.74, 6) is -0.179. The maximum Gasteiger partial charge on any atom is 0.262 e. The van der Waals surface area contributed by atoms with Crippen molar-refractivity contribution in [2.45, 2.75) is 24.0 Å². The van der Waals surface area contributed by atoms with E-state index in [9.17, 15) is 9.59 Å². The van der Waals surface area contributed by atoms with Crippen molar-refractivity contribution in [2.75, 3.05) is 24.3 Å². The first-order valence-electron chi connectivity index (χ1n) is 8.07. The van der Waals surface area contributed by atoms with E-state index in [1.54, 1.807) is 4.68 Å². The third-order valence-electron chi connectivity index (χ3n) is 3.97. The van der Waals surface area contributed by atoms with Gasteiger partial charge in [-0.25, -0.2) is 9.67 Å². The third kappa shape index (κ3) is 4.20. The minimum Gasteiger partial charge on any atom is -0.381 e. The molecule has 2 N–H and O–H groups in total. The lowest BCUT2D eigenvalue weighted by Crippen LogP contribution is -2.21. The third-order valence-corrected chi connectivity index (χ3v) is 6.11. The number of anilines is 1. The van der Waals surface area contributed by atoms with E-state index in [0.717, 1.165) is 24.6 Å². The normalized spacial score (nSPS) is 15.3. The van der Waals surface area contributed by atoms with Crippen LogP contribution in [0.4, 0.5) is 5.13 Å². The number of carbonyl (C=O) groups is 1. The molecule has 142 valence electrons. The van der Waals surface area contributed by atoms with Gasteiger partial charge in [-0.2, -0.15) is 5.10 Å². The quantitative estimate of drug-likeness (QED) is 0.425. The number of aromatic amines is 1. The number of H-pyrrole nitrogens is 1. The van der Waals surface area contributed by atoms with Gasteiger partial charge in [-0.1, -0.05) is 23.1 Å². The Hall–Kier alpha value is -1.83. The van der Waals surface area contributed by atoms with Gasteiger partial charge in [0.2, 0.25) is 11.0 Å². The molecule has 0 saturated carbocycles. The first kappa shape index (κ1) is 18.5. The smallest absolute Gasteiger partial charge is 0.262 e. The zero-order chi connectivity index (χ0) is 18.8. The molecule has 1 saturated heterocycles. The SMILES string of the molecule is O=C(CSc1nc2c(cnn2C2CCOCC2)c(=O)[nH]1)Nc1nnc(Br)s1. The maximum atomic E-state index is 12.3. The van der Waals surface area contributed by atoms with E-state index in [4.69, 9.17) is 4.74 Å². The Morgan fingerprint density at radius 2 is 2.26 bits per heavy atom. The zero-order valence-corrected chi connectivity index (χ0v) is 17.1. The molecule has 0 atom stereocenters. The van der Waals surface area contributed by atoms with Crippen molar-refractivity contribution in [1.82, 2.24) is 29.9 Å². The highest BCUT2D eigenvalue weighted by atomic mass is 79.9. The predicted molar refractivity (Wildman–Crippen MR) is 104 cm³/mol. The molecule has 0 aromatic carbocycles. The van der Waals surface area contributed by atoms with Crippen LogP contribution in [0.5, 0.6) is 0 Å². The van der Waals surface area contributed by atoms with Gasteiger partial charge in [-0.15, -0.1) is 10.2 Å². The van der Waals surface area contributed by atoms with Gasteiger partial charge in [0.1, 0.15) is 5.39 Å². The number of amides is 1. The fourth-order valence-corrected chi connectivity index (χ4v) is 4.41. The lowest BCUT2D eigenvalue weighted by atomic mass is 10.1. The van der Waals surface area contributed by atoms with Gasteiger partial charge in [-0.05, 0) is 28.8 Å². The summed E-state index contributed by atoms with van der Waals surface area (Å²) in [5.41, 5.74) is 0.260. The number of fused-ring (bicyclic) bond motifs is 1. The van der Waals surface area contributed by atoms with Crippen LogP contribution in [0.15, 0.2) is 20.1 Å². The Kier molecular flexibility index (Phi) is 5.52. The molecule has 0 bridgehead atoms. The van der Waals surface area contributed by atoms with E-state index < -0.39 is 0 Å². The number of hydrogen-bond donors (Lipinski definition) is 2. The van der Waals surface area contributed by atoms with Crippen molar-refractivity contribution in [3.8, 4) is 0 Å². The number of nitrogens with zero attached hydrogens (tertiary/aromatic N) is 5. The number of thioether (sulfide) groups is 1. The fourth-order valence-electron chi connectivity index (χ4n) is 2.73. The van der Waals surface area contributed by atoms with Crippen LogP contribution in [0.25, 0.3) is 11.0 Å². The van der Waals surface area contributed by atoms with Crippen molar-refractivity contribution < 1.29 is 9.53 Å². The zero-order valence-electron chi connectivity index (χ0n) is 13.8. The first-order chi connectivity index (χ1) is 13.1. The molecule has 10 nitrogen and oxygen atoms in total. The minimum atomic E-state index is -0.269. The van der Waals surface area contributed by atoms with Crippen LogP contribution >= 0.6 is 39.0 Å². The van der Waals surface area contributed by atoms with Crippen molar-refractivity contribution in [3.05, 3.63) is 20.5 Å². The first-order valence-corrected chi connectivity index (χ1v) is 10.7. The Morgan fingerprint density at radius 3 is 3.00 bits per heavy atom. The highest BCUT2D eigenvalue weighted by Gasteiger charge is 2.21. The number of rotatable bonds is 5. The number of halogens is 1. The molecule has 1 amide bonds. The van der Waals surface area contributed by atoms with Crippen molar-refractivity contribution in [2.24, 2.45) is 0 Å². The van der Waals surface area contributed by atoms with Crippen molar-refractivity contribution in [1.29, 1.82) is 0 Å². The highest BCUT2D eigenvalue weighted by molar-refractivity contribution is 9.11. The molecular formula is C14H14BrN7O3S2. The fraction of sp³-hybridized carbons (Fsp3) is 0.429. The topological polar surface area (TPSA) is 128 Å². The Morgan fingerprint density at radius 1 is 1.44 bits per heavy atom. The molecule has 0 aliphatic carbocycles. The highest BCUT2D eigenvalue weighted by Crippen LogP contribution is 2.24. The lowest BCUT2D eigenvalue weighted by Gasteiger charge is -2.22. The largest absolute Gasteiger partial charge is 0.381 e. The number of hydrogen-bond acceptors (Lipinski definition) is 9. The summed E-state index contributed by atoms with van der Waals surface area (Å²) in [5, 5.41) is 15.8. The van der Waals surface area contributed by atoms with Gasteiger partial charge in [0.15, 0.2) is 14.7 Å². The van der Waals surface area contributed by atoms with Gasteiger partial charge < -0.3 is 9.72 Å². The standard InChI is InChI=1S/C14H14BrN7O3S2/c15-12-20-21-14(27-12)17-9(23)6-26-13-18-10-8(11(24)19-13)5-16-22(10)7-1-3-25-4-2-7/h5,7H,1-4,6H2,(H,17,21,23)(H,18,19,24). The molecule has 1 aliphatic heterocycles.